The van der Waals surface area contributed by atoms with Gasteiger partial charge in [0.2, 0.25) is 0 Å². The van der Waals surface area contributed by atoms with Gasteiger partial charge >= 0.3 is 0 Å². The number of hydrogen-bond acceptors (Lipinski definition) is 4. The van der Waals surface area contributed by atoms with Gasteiger partial charge in [-0.25, -0.2) is 5.43 Å². The SMILES string of the molecule is COc1cc(/C=N\NC(=O)/C=C/c2ccc(Cl)cc2Cl)cc(Br)c1OC. The van der Waals surface area contributed by atoms with Gasteiger partial charge in [-0.15, -0.1) is 0 Å². The van der Waals surface area contributed by atoms with Gasteiger partial charge in [0, 0.05) is 16.1 Å². The zero-order valence-electron chi connectivity index (χ0n) is 13.9. The minimum Gasteiger partial charge on any atom is -0.493 e. The molecule has 5 nitrogen and oxygen atoms in total. The Hall–Kier alpha value is -2.02. The molecule has 0 aromatic heterocycles. The maximum absolute atomic E-state index is 11.8. The van der Waals surface area contributed by atoms with Crippen LogP contribution in [0.15, 0.2) is 46.0 Å². The molecule has 0 bridgehead atoms. The first-order valence-corrected chi connectivity index (χ1v) is 8.87. The Morgan fingerprint density at radius 1 is 1.19 bits per heavy atom. The van der Waals surface area contributed by atoms with Crippen LogP contribution in [0.1, 0.15) is 11.1 Å². The maximum atomic E-state index is 11.8. The van der Waals surface area contributed by atoms with Gasteiger partial charge in [-0.2, -0.15) is 5.10 Å². The Kier molecular flexibility index (Phi) is 7.50. The lowest BCUT2D eigenvalue weighted by atomic mass is 10.2. The van der Waals surface area contributed by atoms with E-state index in [4.69, 9.17) is 32.7 Å². The van der Waals surface area contributed by atoms with Gasteiger partial charge in [0.15, 0.2) is 11.5 Å². The summed E-state index contributed by atoms with van der Waals surface area (Å²) in [7, 11) is 3.09. The number of carbonyl (C=O) groups is 1. The van der Waals surface area contributed by atoms with Crippen molar-refractivity contribution in [3.05, 3.63) is 62.1 Å². The topological polar surface area (TPSA) is 59.9 Å². The number of rotatable bonds is 6. The van der Waals surface area contributed by atoms with E-state index in [2.05, 4.69) is 26.5 Å². The fourth-order valence-corrected chi connectivity index (χ4v) is 3.12. The molecule has 136 valence electrons. The van der Waals surface area contributed by atoms with Gasteiger partial charge in [-0.1, -0.05) is 29.3 Å². The summed E-state index contributed by atoms with van der Waals surface area (Å²) in [5.74, 6) is 0.732. The number of nitrogens with one attached hydrogen (secondary N) is 1. The first-order chi connectivity index (χ1) is 12.4. The predicted molar refractivity (Wildman–Crippen MR) is 108 cm³/mol. The van der Waals surface area contributed by atoms with Crippen LogP contribution in [0.4, 0.5) is 0 Å². The van der Waals surface area contributed by atoms with Crippen LogP contribution in [-0.2, 0) is 4.79 Å². The number of nitrogens with zero attached hydrogens (tertiary/aromatic N) is 1. The molecule has 2 aromatic rings. The Morgan fingerprint density at radius 2 is 1.96 bits per heavy atom. The molecular formula is C18H15BrCl2N2O3. The molecule has 2 rings (SSSR count). The highest BCUT2D eigenvalue weighted by Gasteiger charge is 2.09. The first-order valence-electron chi connectivity index (χ1n) is 7.32. The predicted octanol–water partition coefficient (Wildman–Crippen LogP) is 4.94. The zero-order chi connectivity index (χ0) is 19.1. The summed E-state index contributed by atoms with van der Waals surface area (Å²) in [4.78, 5) is 11.8. The van der Waals surface area contributed by atoms with Crippen LogP contribution >= 0.6 is 39.1 Å². The monoisotopic (exact) mass is 456 g/mol. The van der Waals surface area contributed by atoms with Crippen molar-refractivity contribution in [1.29, 1.82) is 0 Å². The van der Waals surface area contributed by atoms with Crippen molar-refractivity contribution >= 4 is 57.3 Å². The molecule has 0 saturated heterocycles. The minimum atomic E-state index is -0.396. The Balaban J connectivity index is 2.02. The number of benzene rings is 2. The lowest BCUT2D eigenvalue weighted by molar-refractivity contribution is -0.116. The molecule has 0 aliphatic rings. The number of carbonyl (C=O) groups excluding carboxylic acids is 1. The molecule has 0 radical (unpaired) electrons. The van der Waals surface area contributed by atoms with Gasteiger partial charge in [-0.3, -0.25) is 4.79 Å². The van der Waals surface area contributed by atoms with E-state index in [1.165, 1.54) is 12.3 Å². The summed E-state index contributed by atoms with van der Waals surface area (Å²) in [6, 6.07) is 8.55. The molecule has 0 spiro atoms. The van der Waals surface area contributed by atoms with Gasteiger partial charge in [-0.05, 0) is 57.4 Å². The molecule has 0 aliphatic heterocycles. The minimum absolute atomic E-state index is 0.396. The molecule has 0 aliphatic carbocycles. The van der Waals surface area contributed by atoms with Crippen molar-refractivity contribution in [2.75, 3.05) is 14.2 Å². The largest absolute Gasteiger partial charge is 0.493 e. The third-order valence-corrected chi connectivity index (χ3v) is 4.37. The van der Waals surface area contributed by atoms with Crippen molar-refractivity contribution in [3.63, 3.8) is 0 Å². The molecule has 0 fully saturated rings. The van der Waals surface area contributed by atoms with E-state index in [9.17, 15) is 4.79 Å². The van der Waals surface area contributed by atoms with Gasteiger partial charge < -0.3 is 9.47 Å². The summed E-state index contributed by atoms with van der Waals surface area (Å²) < 4.78 is 11.2. The molecule has 0 saturated carbocycles. The van der Waals surface area contributed by atoms with E-state index in [0.29, 0.717) is 31.6 Å². The number of hydrogen-bond donors (Lipinski definition) is 1. The first kappa shape index (κ1) is 20.3. The average Bonchev–Trinajstić information content (AvgIpc) is 2.60. The standard InChI is InChI=1S/C18H15BrCl2N2O3/c1-25-16-8-11(7-14(19)18(16)26-2)10-22-23-17(24)6-4-12-3-5-13(20)9-15(12)21/h3-10H,1-2H3,(H,23,24)/b6-4+,22-10-. The van der Waals surface area contributed by atoms with Crippen LogP contribution in [-0.4, -0.2) is 26.3 Å². The third kappa shape index (κ3) is 5.49. The van der Waals surface area contributed by atoms with Gasteiger partial charge in [0.05, 0.1) is 24.9 Å². The molecule has 0 unspecified atom stereocenters. The van der Waals surface area contributed by atoms with Crippen molar-refractivity contribution in [3.8, 4) is 11.5 Å². The molecule has 0 atom stereocenters. The Bertz CT molecular complexity index is 870. The zero-order valence-corrected chi connectivity index (χ0v) is 17.0. The maximum Gasteiger partial charge on any atom is 0.264 e. The fraction of sp³-hybridized carbons (Fsp3) is 0.111. The van der Waals surface area contributed by atoms with E-state index >= 15 is 0 Å². The van der Waals surface area contributed by atoms with Crippen molar-refractivity contribution < 1.29 is 14.3 Å². The number of methoxy groups -OCH3 is 2. The Morgan fingerprint density at radius 3 is 2.62 bits per heavy atom. The summed E-state index contributed by atoms with van der Waals surface area (Å²) in [5.41, 5.74) is 3.81. The molecule has 26 heavy (non-hydrogen) atoms. The summed E-state index contributed by atoms with van der Waals surface area (Å²) in [5, 5.41) is 4.90. The van der Waals surface area contributed by atoms with Crippen LogP contribution in [0, 0.1) is 0 Å². The molecule has 8 heteroatoms. The number of amides is 1. The van der Waals surface area contributed by atoms with E-state index in [0.717, 1.165) is 5.56 Å². The van der Waals surface area contributed by atoms with E-state index in [-0.39, 0.29) is 0 Å². The van der Waals surface area contributed by atoms with Crippen molar-refractivity contribution in [2.24, 2.45) is 5.10 Å². The summed E-state index contributed by atoms with van der Waals surface area (Å²) >= 11 is 15.3. The average molecular weight is 458 g/mol. The van der Waals surface area contributed by atoms with Crippen LogP contribution < -0.4 is 14.9 Å². The van der Waals surface area contributed by atoms with Crippen molar-refractivity contribution in [2.45, 2.75) is 0 Å². The summed E-state index contributed by atoms with van der Waals surface area (Å²) in [6.45, 7) is 0. The Labute approximate surface area is 169 Å². The lowest BCUT2D eigenvalue weighted by Gasteiger charge is -2.10. The van der Waals surface area contributed by atoms with Crippen LogP contribution in [0.2, 0.25) is 10.0 Å². The third-order valence-electron chi connectivity index (χ3n) is 3.22. The second-order valence-electron chi connectivity index (χ2n) is 4.97. The molecule has 0 heterocycles. The molecule has 2 aromatic carbocycles. The molecule has 1 amide bonds. The van der Waals surface area contributed by atoms with Crippen LogP contribution in [0.5, 0.6) is 11.5 Å². The lowest BCUT2D eigenvalue weighted by Crippen LogP contribution is -2.14. The smallest absolute Gasteiger partial charge is 0.264 e. The number of ether oxygens (including phenoxy) is 2. The van der Waals surface area contributed by atoms with Gasteiger partial charge in [0.25, 0.3) is 5.91 Å². The number of hydrazone groups is 1. The number of halogens is 3. The van der Waals surface area contributed by atoms with Crippen LogP contribution in [0.25, 0.3) is 6.08 Å². The summed E-state index contributed by atoms with van der Waals surface area (Å²) in [6.07, 6.45) is 4.40. The van der Waals surface area contributed by atoms with E-state index in [1.54, 1.807) is 50.6 Å². The highest BCUT2D eigenvalue weighted by Crippen LogP contribution is 2.35. The molecule has 1 N–H and O–H groups in total. The van der Waals surface area contributed by atoms with E-state index in [1.807, 2.05) is 0 Å². The van der Waals surface area contributed by atoms with Gasteiger partial charge in [0.1, 0.15) is 0 Å². The normalized spacial score (nSPS) is 11.1. The van der Waals surface area contributed by atoms with Crippen molar-refractivity contribution in [1.82, 2.24) is 5.43 Å². The quantitative estimate of drug-likeness (QED) is 0.379. The highest BCUT2D eigenvalue weighted by atomic mass is 79.9. The second-order valence-corrected chi connectivity index (χ2v) is 6.67. The fourth-order valence-electron chi connectivity index (χ4n) is 2.02. The second kappa shape index (κ2) is 9.62. The van der Waals surface area contributed by atoms with Crippen LogP contribution in [0.3, 0.4) is 0 Å². The van der Waals surface area contributed by atoms with E-state index < -0.39 is 5.91 Å². The highest BCUT2D eigenvalue weighted by molar-refractivity contribution is 9.10. The molecular weight excluding hydrogens is 443 g/mol.